The van der Waals surface area contributed by atoms with Gasteiger partial charge in [0.2, 0.25) is 0 Å². The van der Waals surface area contributed by atoms with Crippen molar-refractivity contribution in [2.24, 2.45) is 5.92 Å². The van der Waals surface area contributed by atoms with E-state index in [1.54, 1.807) is 0 Å². The molecule has 1 amide bonds. The van der Waals surface area contributed by atoms with Crippen LogP contribution >= 0.6 is 0 Å². The number of fused-ring (bicyclic) bond motifs is 1. The fraction of sp³-hybridized carbons (Fsp3) is 0.400. The van der Waals surface area contributed by atoms with Crippen LogP contribution in [0.3, 0.4) is 0 Å². The number of carbonyl (C=O) groups is 1. The minimum absolute atomic E-state index is 0.0389. The van der Waals surface area contributed by atoms with E-state index in [4.69, 9.17) is 4.74 Å². The highest BCUT2D eigenvalue weighted by Gasteiger charge is 2.56. The summed E-state index contributed by atoms with van der Waals surface area (Å²) in [4.78, 5) is 13.5. The van der Waals surface area contributed by atoms with Crippen molar-refractivity contribution in [2.75, 3.05) is 6.54 Å². The molecule has 100 valence electrons. The number of allylic oxidation sites excluding steroid dienone is 1. The number of hydrogen-bond donors (Lipinski definition) is 0. The van der Waals surface area contributed by atoms with Gasteiger partial charge in [0, 0.05) is 12.5 Å². The Morgan fingerprint density at radius 3 is 2.89 bits per heavy atom. The molecule has 19 heavy (non-hydrogen) atoms. The number of halogens is 1. The molecule has 2 aliphatic rings. The summed E-state index contributed by atoms with van der Waals surface area (Å²) < 4.78 is 18.8. The monoisotopic (exact) mass is 261 g/mol. The Kier molecular flexibility index (Phi) is 3.23. The normalized spacial score (nSPS) is 28.5. The Hall–Kier alpha value is -1.84. The van der Waals surface area contributed by atoms with Crippen molar-refractivity contribution in [3.63, 3.8) is 0 Å². The number of carbonyl (C=O) groups excluding carboxylic acids is 1. The van der Waals surface area contributed by atoms with E-state index in [0.29, 0.717) is 13.0 Å². The molecule has 0 bridgehead atoms. The van der Waals surface area contributed by atoms with Gasteiger partial charge in [-0.2, -0.15) is 0 Å². The third-order valence-corrected chi connectivity index (χ3v) is 3.71. The van der Waals surface area contributed by atoms with E-state index in [-0.39, 0.29) is 18.6 Å². The van der Waals surface area contributed by atoms with Crippen molar-refractivity contribution < 1.29 is 13.9 Å². The lowest BCUT2D eigenvalue weighted by Crippen LogP contribution is -2.35. The van der Waals surface area contributed by atoms with Crippen molar-refractivity contribution in [3.8, 4) is 0 Å². The summed E-state index contributed by atoms with van der Waals surface area (Å²) in [6.07, 6.45) is 3.25. The van der Waals surface area contributed by atoms with E-state index < -0.39 is 12.3 Å². The van der Waals surface area contributed by atoms with Crippen LogP contribution in [0.25, 0.3) is 0 Å². The van der Waals surface area contributed by atoms with E-state index >= 15 is 0 Å². The largest absolute Gasteiger partial charge is 0.445 e. The van der Waals surface area contributed by atoms with E-state index in [9.17, 15) is 9.18 Å². The second kappa shape index (κ2) is 5.03. The Morgan fingerprint density at radius 2 is 2.11 bits per heavy atom. The van der Waals surface area contributed by atoms with Crippen LogP contribution in [0.1, 0.15) is 12.0 Å². The highest BCUT2D eigenvalue weighted by atomic mass is 19.1. The third kappa shape index (κ3) is 2.48. The molecule has 0 saturated heterocycles. The first kappa shape index (κ1) is 12.2. The molecule has 1 aliphatic carbocycles. The molecule has 0 spiro atoms. The molecule has 1 aliphatic heterocycles. The van der Waals surface area contributed by atoms with Crippen LogP contribution in [0.5, 0.6) is 0 Å². The molecule has 1 saturated carbocycles. The molecule has 3 rings (SSSR count). The van der Waals surface area contributed by atoms with Crippen molar-refractivity contribution in [2.45, 2.75) is 25.2 Å². The van der Waals surface area contributed by atoms with Crippen molar-refractivity contribution >= 4 is 6.09 Å². The molecule has 1 heterocycles. The van der Waals surface area contributed by atoms with Gasteiger partial charge in [-0.05, 0) is 12.0 Å². The van der Waals surface area contributed by atoms with Gasteiger partial charge < -0.3 is 4.74 Å². The van der Waals surface area contributed by atoms with Gasteiger partial charge in [0.15, 0.2) is 0 Å². The smallest absolute Gasteiger partial charge is 0.410 e. The molecule has 0 radical (unpaired) electrons. The van der Waals surface area contributed by atoms with Crippen LogP contribution in [0.2, 0.25) is 0 Å². The summed E-state index contributed by atoms with van der Waals surface area (Å²) in [5, 5.41) is 0. The fourth-order valence-corrected chi connectivity index (χ4v) is 2.55. The van der Waals surface area contributed by atoms with Gasteiger partial charge in [-0.3, -0.25) is 4.90 Å². The first-order valence-corrected chi connectivity index (χ1v) is 6.54. The first-order valence-electron chi connectivity index (χ1n) is 6.54. The number of nitrogens with zero attached hydrogens (tertiary/aromatic N) is 1. The molecular formula is C15H16FNO2. The molecule has 4 heteroatoms. The average molecular weight is 261 g/mol. The summed E-state index contributed by atoms with van der Waals surface area (Å²) in [6.45, 7) is 0.670. The second-order valence-electron chi connectivity index (χ2n) is 5.00. The first-order chi connectivity index (χ1) is 9.27. The quantitative estimate of drug-likeness (QED) is 0.766. The van der Waals surface area contributed by atoms with Crippen molar-refractivity contribution in [3.05, 3.63) is 48.0 Å². The number of hydrogen-bond acceptors (Lipinski definition) is 2. The lowest BCUT2D eigenvalue weighted by atomic mass is 10.2. The molecule has 3 nitrogen and oxygen atoms in total. The zero-order valence-electron chi connectivity index (χ0n) is 10.5. The van der Waals surface area contributed by atoms with Gasteiger partial charge >= 0.3 is 6.09 Å². The van der Waals surface area contributed by atoms with Gasteiger partial charge in [-0.25, -0.2) is 9.18 Å². The maximum Gasteiger partial charge on any atom is 0.410 e. The van der Waals surface area contributed by atoms with Gasteiger partial charge in [0.25, 0.3) is 0 Å². The summed E-state index contributed by atoms with van der Waals surface area (Å²) in [5.41, 5.74) is 0.936. The number of rotatable bonds is 2. The lowest BCUT2D eigenvalue weighted by Gasteiger charge is -2.20. The van der Waals surface area contributed by atoms with Gasteiger partial charge in [-0.15, -0.1) is 0 Å². The zero-order chi connectivity index (χ0) is 13.2. The highest BCUT2D eigenvalue weighted by Crippen LogP contribution is 2.43. The summed E-state index contributed by atoms with van der Waals surface area (Å²) in [6, 6.07) is 9.20. The van der Waals surface area contributed by atoms with Gasteiger partial charge in [0.05, 0.1) is 6.04 Å². The zero-order valence-corrected chi connectivity index (χ0v) is 10.5. The lowest BCUT2D eigenvalue weighted by molar-refractivity contribution is 0.0941. The molecule has 1 unspecified atom stereocenters. The molecule has 0 N–H and O–H groups in total. The van der Waals surface area contributed by atoms with Gasteiger partial charge in [-0.1, -0.05) is 42.5 Å². The molecule has 1 aromatic rings. The molecule has 3 atom stereocenters. The standard InChI is InChI=1S/C15H16FNO2/c16-13-12-8-4-5-9-17(14(12)13)15(18)19-10-11-6-2-1-3-7-11/h1-7,12-14H,8-10H2/t12?,13-,14-/m0/s1. The number of benzene rings is 1. The van der Waals surface area contributed by atoms with Crippen LogP contribution in [0, 0.1) is 5.92 Å². The van der Waals surface area contributed by atoms with Crippen LogP contribution < -0.4 is 0 Å². The third-order valence-electron chi connectivity index (χ3n) is 3.71. The van der Waals surface area contributed by atoms with Crippen LogP contribution in [0.4, 0.5) is 9.18 Å². The molecule has 0 aromatic heterocycles. The summed E-state index contributed by atoms with van der Waals surface area (Å²) in [7, 11) is 0. The van der Waals surface area contributed by atoms with Crippen LogP contribution in [0.15, 0.2) is 42.5 Å². The summed E-state index contributed by atoms with van der Waals surface area (Å²) >= 11 is 0. The van der Waals surface area contributed by atoms with Crippen LogP contribution in [-0.4, -0.2) is 29.8 Å². The Balaban J connectivity index is 1.59. The van der Waals surface area contributed by atoms with Crippen LogP contribution in [-0.2, 0) is 11.3 Å². The number of amides is 1. The maximum atomic E-state index is 13.6. The van der Waals surface area contributed by atoms with E-state index in [0.717, 1.165) is 5.56 Å². The minimum atomic E-state index is -0.894. The van der Waals surface area contributed by atoms with E-state index in [1.165, 1.54) is 4.90 Å². The summed E-state index contributed by atoms with van der Waals surface area (Å²) in [5.74, 6) is -0.0389. The second-order valence-corrected chi connectivity index (χ2v) is 5.00. The Labute approximate surface area is 111 Å². The fourth-order valence-electron chi connectivity index (χ4n) is 2.55. The SMILES string of the molecule is O=C(OCc1ccccc1)N1CC=CCC2[C@H](F)[C@H]21. The highest BCUT2D eigenvalue weighted by molar-refractivity contribution is 5.69. The minimum Gasteiger partial charge on any atom is -0.445 e. The Bertz CT molecular complexity index is 488. The predicted molar refractivity (Wildman–Crippen MR) is 69.3 cm³/mol. The van der Waals surface area contributed by atoms with E-state index in [2.05, 4.69) is 0 Å². The molecular weight excluding hydrogens is 245 g/mol. The van der Waals surface area contributed by atoms with Crippen molar-refractivity contribution in [1.82, 2.24) is 4.90 Å². The average Bonchev–Trinajstić information content (AvgIpc) is 3.13. The number of alkyl halides is 1. The van der Waals surface area contributed by atoms with Crippen molar-refractivity contribution in [1.29, 1.82) is 0 Å². The topological polar surface area (TPSA) is 29.5 Å². The Morgan fingerprint density at radius 1 is 1.32 bits per heavy atom. The number of ether oxygens (including phenoxy) is 1. The predicted octanol–water partition coefficient (Wildman–Crippen LogP) is 2.92. The van der Waals surface area contributed by atoms with E-state index in [1.807, 2.05) is 42.5 Å². The molecule has 1 aromatic carbocycles. The maximum absolute atomic E-state index is 13.6. The molecule has 1 fully saturated rings. The van der Waals surface area contributed by atoms with Gasteiger partial charge in [0.1, 0.15) is 12.8 Å².